The Morgan fingerprint density at radius 3 is 2.93 bits per heavy atom. The summed E-state index contributed by atoms with van der Waals surface area (Å²) in [6, 6.07) is 12.2. The van der Waals surface area contributed by atoms with Gasteiger partial charge in [-0.25, -0.2) is 14.8 Å². The van der Waals surface area contributed by atoms with Crippen molar-refractivity contribution in [1.29, 1.82) is 0 Å². The van der Waals surface area contributed by atoms with Crippen LogP contribution in [0.5, 0.6) is 0 Å². The third-order valence-electron chi connectivity index (χ3n) is 5.20. The van der Waals surface area contributed by atoms with Gasteiger partial charge >= 0.3 is 6.03 Å². The fourth-order valence-electron chi connectivity index (χ4n) is 3.70. The van der Waals surface area contributed by atoms with Gasteiger partial charge in [0.25, 0.3) is 0 Å². The summed E-state index contributed by atoms with van der Waals surface area (Å²) in [4.78, 5) is 23.4. The van der Waals surface area contributed by atoms with E-state index in [4.69, 9.17) is 0 Å². The summed E-state index contributed by atoms with van der Waals surface area (Å²) in [7, 11) is 0. The van der Waals surface area contributed by atoms with E-state index in [0.29, 0.717) is 12.5 Å². The average molecular weight is 363 g/mol. The Hall–Kier alpha value is -2.89. The van der Waals surface area contributed by atoms with Gasteiger partial charge in [-0.1, -0.05) is 29.8 Å². The number of nitrogens with zero attached hydrogens (tertiary/aromatic N) is 4. The maximum atomic E-state index is 12.6. The third-order valence-corrected chi connectivity index (χ3v) is 5.20. The van der Waals surface area contributed by atoms with Crippen molar-refractivity contribution in [2.45, 2.75) is 32.9 Å². The molecule has 6 nitrogen and oxygen atoms in total. The first-order valence-corrected chi connectivity index (χ1v) is 9.53. The Morgan fingerprint density at radius 2 is 2.07 bits per heavy atom. The normalized spacial score (nSPS) is 17.2. The number of piperidine rings is 1. The molecule has 0 aliphatic carbocycles. The quantitative estimate of drug-likeness (QED) is 0.773. The molecule has 1 atom stereocenters. The van der Waals surface area contributed by atoms with Crippen molar-refractivity contribution < 1.29 is 4.79 Å². The zero-order valence-corrected chi connectivity index (χ0v) is 15.6. The van der Waals surface area contributed by atoms with E-state index in [1.165, 1.54) is 5.56 Å². The molecule has 1 fully saturated rings. The summed E-state index contributed by atoms with van der Waals surface area (Å²) in [6.07, 6.45) is 5.80. The van der Waals surface area contributed by atoms with Gasteiger partial charge in [-0.15, -0.1) is 0 Å². The smallest absolute Gasteiger partial charge is 0.317 e. The lowest BCUT2D eigenvalue weighted by Crippen LogP contribution is -2.46. The number of carbonyl (C=O) groups excluding carboxylic acids is 1. The van der Waals surface area contributed by atoms with E-state index in [1.54, 1.807) is 6.20 Å². The van der Waals surface area contributed by atoms with Crippen molar-refractivity contribution in [2.75, 3.05) is 13.1 Å². The lowest BCUT2D eigenvalue weighted by atomic mass is 9.98. The highest BCUT2D eigenvalue weighted by Crippen LogP contribution is 2.20. The standard InChI is InChI=1S/C21H25N5O/c1-16-6-8-17(9-7-16)12-23-21(27)25-11-3-4-18(13-25)14-26-15-24-19-5-2-10-22-20(19)26/h2,5-10,15,18H,3-4,11-14H2,1H3,(H,23,27). The Balaban J connectivity index is 1.34. The fourth-order valence-corrected chi connectivity index (χ4v) is 3.70. The Kier molecular flexibility index (Phi) is 5.05. The van der Waals surface area contributed by atoms with Crippen LogP contribution < -0.4 is 5.32 Å². The van der Waals surface area contributed by atoms with E-state index in [9.17, 15) is 4.79 Å². The van der Waals surface area contributed by atoms with Gasteiger partial charge in [0.15, 0.2) is 5.65 Å². The predicted octanol–water partition coefficient (Wildman–Crippen LogP) is 3.36. The number of benzene rings is 1. The number of hydrogen-bond donors (Lipinski definition) is 1. The lowest BCUT2D eigenvalue weighted by molar-refractivity contribution is 0.159. The summed E-state index contributed by atoms with van der Waals surface area (Å²) in [5.41, 5.74) is 4.18. The molecule has 1 aromatic carbocycles. The maximum absolute atomic E-state index is 12.6. The summed E-state index contributed by atoms with van der Waals surface area (Å²) < 4.78 is 2.10. The highest BCUT2D eigenvalue weighted by Gasteiger charge is 2.24. The van der Waals surface area contributed by atoms with Gasteiger partial charge in [0.05, 0.1) is 6.33 Å². The van der Waals surface area contributed by atoms with Crippen LogP contribution in [0.3, 0.4) is 0 Å². The van der Waals surface area contributed by atoms with Gasteiger partial charge in [-0.3, -0.25) is 0 Å². The van der Waals surface area contributed by atoms with E-state index in [0.717, 1.165) is 49.2 Å². The molecule has 1 saturated heterocycles. The van der Waals surface area contributed by atoms with Gasteiger partial charge in [0.1, 0.15) is 5.52 Å². The van der Waals surface area contributed by atoms with Gasteiger partial charge in [-0.2, -0.15) is 0 Å². The molecular weight excluding hydrogens is 338 g/mol. The summed E-state index contributed by atoms with van der Waals surface area (Å²) in [6.45, 7) is 5.06. The van der Waals surface area contributed by atoms with Crippen LogP contribution >= 0.6 is 0 Å². The first kappa shape index (κ1) is 17.5. The number of rotatable bonds is 4. The van der Waals surface area contributed by atoms with Crippen LogP contribution in [0, 0.1) is 12.8 Å². The van der Waals surface area contributed by atoms with Crippen LogP contribution in [0.15, 0.2) is 48.9 Å². The van der Waals surface area contributed by atoms with E-state index >= 15 is 0 Å². The largest absolute Gasteiger partial charge is 0.334 e. The summed E-state index contributed by atoms with van der Waals surface area (Å²) in [5, 5.41) is 3.05. The molecule has 0 bridgehead atoms. The molecule has 1 unspecified atom stereocenters. The number of nitrogens with one attached hydrogen (secondary N) is 1. The zero-order chi connectivity index (χ0) is 18.6. The molecule has 1 aliphatic rings. The van der Waals surface area contributed by atoms with Gasteiger partial charge < -0.3 is 14.8 Å². The Morgan fingerprint density at radius 1 is 1.22 bits per heavy atom. The minimum Gasteiger partial charge on any atom is -0.334 e. The zero-order valence-electron chi connectivity index (χ0n) is 15.6. The molecule has 2 amide bonds. The SMILES string of the molecule is Cc1ccc(CNC(=O)N2CCCC(Cn3cnc4cccnc43)C2)cc1. The van der Waals surface area contributed by atoms with Gasteiger partial charge in [0, 0.05) is 32.4 Å². The van der Waals surface area contributed by atoms with Crippen molar-refractivity contribution in [3.8, 4) is 0 Å². The number of hydrogen-bond acceptors (Lipinski definition) is 3. The molecule has 3 heterocycles. The molecule has 0 spiro atoms. The first-order valence-electron chi connectivity index (χ1n) is 9.53. The van der Waals surface area contributed by atoms with Crippen LogP contribution in [0.1, 0.15) is 24.0 Å². The van der Waals surface area contributed by atoms with Crippen molar-refractivity contribution in [1.82, 2.24) is 24.8 Å². The van der Waals surface area contributed by atoms with Crippen molar-refractivity contribution in [2.24, 2.45) is 5.92 Å². The van der Waals surface area contributed by atoms with Crippen molar-refractivity contribution in [3.63, 3.8) is 0 Å². The first-order chi connectivity index (χ1) is 13.2. The third kappa shape index (κ3) is 4.10. The van der Waals surface area contributed by atoms with Crippen LogP contribution in [0.2, 0.25) is 0 Å². The van der Waals surface area contributed by atoms with Crippen LogP contribution in [-0.2, 0) is 13.1 Å². The number of pyridine rings is 1. The molecule has 6 heteroatoms. The highest BCUT2D eigenvalue weighted by atomic mass is 16.2. The second kappa shape index (κ2) is 7.78. The lowest BCUT2D eigenvalue weighted by Gasteiger charge is -2.33. The van der Waals surface area contributed by atoms with Gasteiger partial charge in [0.2, 0.25) is 0 Å². The monoisotopic (exact) mass is 363 g/mol. The summed E-state index contributed by atoms with van der Waals surface area (Å²) >= 11 is 0. The number of amides is 2. The number of aryl methyl sites for hydroxylation is 1. The fraction of sp³-hybridized carbons (Fsp3) is 0.381. The van der Waals surface area contributed by atoms with Crippen molar-refractivity contribution >= 4 is 17.2 Å². The molecule has 27 heavy (non-hydrogen) atoms. The molecule has 1 N–H and O–H groups in total. The number of imidazole rings is 1. The molecule has 140 valence electrons. The molecule has 0 saturated carbocycles. The topological polar surface area (TPSA) is 63.1 Å². The second-order valence-electron chi connectivity index (χ2n) is 7.34. The minimum atomic E-state index is 0.0221. The van der Waals surface area contributed by atoms with Crippen molar-refractivity contribution in [3.05, 3.63) is 60.0 Å². The maximum Gasteiger partial charge on any atom is 0.317 e. The predicted molar refractivity (Wildman–Crippen MR) is 105 cm³/mol. The van der Waals surface area contributed by atoms with Crippen LogP contribution in [0.25, 0.3) is 11.2 Å². The highest BCUT2D eigenvalue weighted by molar-refractivity contribution is 5.74. The minimum absolute atomic E-state index is 0.0221. The molecule has 1 aliphatic heterocycles. The number of fused-ring (bicyclic) bond motifs is 1. The average Bonchev–Trinajstić information content (AvgIpc) is 3.10. The molecule has 2 aromatic heterocycles. The Labute approximate surface area is 159 Å². The molecule has 4 rings (SSSR count). The number of carbonyl (C=O) groups is 1. The second-order valence-corrected chi connectivity index (χ2v) is 7.34. The van der Waals surface area contributed by atoms with E-state index in [-0.39, 0.29) is 6.03 Å². The number of aromatic nitrogens is 3. The summed E-state index contributed by atoms with van der Waals surface area (Å²) in [5.74, 6) is 0.420. The van der Waals surface area contributed by atoms with E-state index in [1.807, 2.05) is 23.4 Å². The number of likely N-dealkylation sites (tertiary alicyclic amines) is 1. The van der Waals surface area contributed by atoms with E-state index < -0.39 is 0 Å². The van der Waals surface area contributed by atoms with Crippen LogP contribution in [-0.4, -0.2) is 38.6 Å². The van der Waals surface area contributed by atoms with Crippen LogP contribution in [0.4, 0.5) is 4.79 Å². The Bertz CT molecular complexity index is 918. The number of urea groups is 1. The van der Waals surface area contributed by atoms with E-state index in [2.05, 4.69) is 51.0 Å². The molecule has 3 aromatic rings. The molecule has 0 radical (unpaired) electrons. The van der Waals surface area contributed by atoms with Gasteiger partial charge in [-0.05, 0) is 43.4 Å². The molecular formula is C21H25N5O.